The molecule has 0 heterocycles. The van der Waals surface area contributed by atoms with Gasteiger partial charge in [0.15, 0.2) is 0 Å². The van der Waals surface area contributed by atoms with Gasteiger partial charge in [0.2, 0.25) is 0 Å². The van der Waals surface area contributed by atoms with Crippen molar-refractivity contribution in [3.05, 3.63) is 0 Å². The Morgan fingerprint density at radius 2 is 1.93 bits per heavy atom. The standard InChI is InChI=1S/C9H17NO4/c1-7(2)4-10(5-8(11)12)6-9(13)14-3/h7H,4-6H2,1-3H3,(H,11,12). The number of carboxylic acid groups (broad SMARTS) is 1. The molecular formula is C9H17NO4. The van der Waals surface area contributed by atoms with Crippen LogP contribution in [0.25, 0.3) is 0 Å². The van der Waals surface area contributed by atoms with Gasteiger partial charge in [-0.15, -0.1) is 0 Å². The molecule has 0 saturated heterocycles. The molecule has 0 aliphatic heterocycles. The summed E-state index contributed by atoms with van der Waals surface area (Å²) >= 11 is 0. The fraction of sp³-hybridized carbons (Fsp3) is 0.778. The minimum absolute atomic E-state index is 0.0288. The van der Waals surface area contributed by atoms with Crippen molar-refractivity contribution < 1.29 is 19.4 Å². The lowest BCUT2D eigenvalue weighted by atomic mass is 10.2. The molecule has 5 nitrogen and oxygen atoms in total. The van der Waals surface area contributed by atoms with Crippen molar-refractivity contribution in [1.82, 2.24) is 4.90 Å². The molecule has 0 rings (SSSR count). The zero-order valence-corrected chi connectivity index (χ0v) is 8.82. The van der Waals surface area contributed by atoms with Gasteiger partial charge >= 0.3 is 11.9 Å². The molecule has 0 aromatic rings. The van der Waals surface area contributed by atoms with E-state index in [4.69, 9.17) is 5.11 Å². The molecule has 0 aromatic carbocycles. The van der Waals surface area contributed by atoms with E-state index in [2.05, 4.69) is 4.74 Å². The summed E-state index contributed by atoms with van der Waals surface area (Å²) in [5.41, 5.74) is 0. The molecule has 0 spiro atoms. The van der Waals surface area contributed by atoms with E-state index in [0.717, 1.165) is 0 Å². The van der Waals surface area contributed by atoms with Gasteiger partial charge in [-0.05, 0) is 5.92 Å². The lowest BCUT2D eigenvalue weighted by molar-refractivity contribution is -0.144. The number of esters is 1. The first kappa shape index (κ1) is 12.9. The Hall–Kier alpha value is -1.10. The molecule has 0 bridgehead atoms. The maximum Gasteiger partial charge on any atom is 0.319 e. The largest absolute Gasteiger partial charge is 0.480 e. The minimum atomic E-state index is -0.936. The van der Waals surface area contributed by atoms with Gasteiger partial charge in [0.05, 0.1) is 20.2 Å². The van der Waals surface area contributed by atoms with E-state index in [1.807, 2.05) is 13.8 Å². The zero-order valence-electron chi connectivity index (χ0n) is 8.82. The Morgan fingerprint density at radius 3 is 2.29 bits per heavy atom. The molecule has 0 aliphatic rings. The van der Waals surface area contributed by atoms with Gasteiger partial charge in [0.25, 0.3) is 0 Å². The van der Waals surface area contributed by atoms with Gasteiger partial charge in [-0.3, -0.25) is 14.5 Å². The number of nitrogens with zero attached hydrogens (tertiary/aromatic N) is 1. The van der Waals surface area contributed by atoms with Gasteiger partial charge in [-0.25, -0.2) is 0 Å². The minimum Gasteiger partial charge on any atom is -0.480 e. The van der Waals surface area contributed by atoms with Gasteiger partial charge in [0, 0.05) is 6.54 Å². The Bertz CT molecular complexity index is 203. The molecule has 0 amide bonds. The number of rotatable bonds is 6. The first-order valence-electron chi connectivity index (χ1n) is 4.46. The number of ether oxygens (including phenoxy) is 1. The summed E-state index contributed by atoms with van der Waals surface area (Å²) in [6.07, 6.45) is 0. The molecule has 0 aliphatic carbocycles. The summed E-state index contributed by atoms with van der Waals surface area (Å²) in [5, 5.41) is 8.59. The third-order valence-corrected chi connectivity index (χ3v) is 1.56. The Morgan fingerprint density at radius 1 is 1.36 bits per heavy atom. The average Bonchev–Trinajstić information content (AvgIpc) is 2.01. The molecule has 0 fully saturated rings. The summed E-state index contributed by atoms with van der Waals surface area (Å²) in [7, 11) is 1.29. The lowest BCUT2D eigenvalue weighted by Gasteiger charge is -2.20. The quantitative estimate of drug-likeness (QED) is 0.625. The Kier molecular flexibility index (Phi) is 5.87. The zero-order chi connectivity index (χ0) is 11.1. The third-order valence-electron chi connectivity index (χ3n) is 1.56. The summed E-state index contributed by atoms with van der Waals surface area (Å²) < 4.78 is 4.47. The highest BCUT2D eigenvalue weighted by molar-refractivity contribution is 5.73. The van der Waals surface area contributed by atoms with Crippen LogP contribution in [-0.2, 0) is 14.3 Å². The molecule has 0 radical (unpaired) electrons. The predicted octanol–water partition coefficient (Wildman–Crippen LogP) is 0.202. The van der Waals surface area contributed by atoms with Gasteiger partial charge in [0.1, 0.15) is 0 Å². The van der Waals surface area contributed by atoms with E-state index in [1.54, 1.807) is 4.90 Å². The van der Waals surface area contributed by atoms with E-state index < -0.39 is 11.9 Å². The third kappa shape index (κ3) is 6.42. The Balaban J connectivity index is 4.09. The lowest BCUT2D eigenvalue weighted by Crippen LogP contribution is -2.37. The number of aliphatic carboxylic acids is 1. The van der Waals surface area contributed by atoms with Gasteiger partial charge < -0.3 is 9.84 Å². The normalized spacial score (nSPS) is 10.6. The number of methoxy groups -OCH3 is 1. The molecule has 0 atom stereocenters. The summed E-state index contributed by atoms with van der Waals surface area (Å²) in [6.45, 7) is 4.40. The van der Waals surface area contributed by atoms with Crippen molar-refractivity contribution >= 4 is 11.9 Å². The van der Waals surface area contributed by atoms with E-state index >= 15 is 0 Å². The van der Waals surface area contributed by atoms with Crippen LogP contribution in [0.3, 0.4) is 0 Å². The van der Waals surface area contributed by atoms with Crippen LogP contribution in [-0.4, -0.2) is 48.7 Å². The van der Waals surface area contributed by atoms with Crippen molar-refractivity contribution in [3.8, 4) is 0 Å². The van der Waals surface area contributed by atoms with Crippen molar-refractivity contribution in [1.29, 1.82) is 0 Å². The second-order valence-corrected chi connectivity index (χ2v) is 3.53. The summed E-state index contributed by atoms with van der Waals surface area (Å²) in [6, 6.07) is 0. The first-order valence-corrected chi connectivity index (χ1v) is 4.46. The van der Waals surface area contributed by atoms with Crippen molar-refractivity contribution in [2.45, 2.75) is 13.8 Å². The molecule has 5 heteroatoms. The molecule has 0 unspecified atom stereocenters. The van der Waals surface area contributed by atoms with E-state index in [-0.39, 0.29) is 13.1 Å². The van der Waals surface area contributed by atoms with Crippen LogP contribution in [0.2, 0.25) is 0 Å². The highest BCUT2D eigenvalue weighted by Gasteiger charge is 2.15. The van der Waals surface area contributed by atoms with E-state index in [0.29, 0.717) is 12.5 Å². The van der Waals surface area contributed by atoms with Crippen LogP contribution in [0.1, 0.15) is 13.8 Å². The molecule has 1 N–H and O–H groups in total. The van der Waals surface area contributed by atoms with Crippen molar-refractivity contribution in [2.75, 3.05) is 26.7 Å². The number of carbonyl (C=O) groups excluding carboxylic acids is 1. The van der Waals surface area contributed by atoms with Crippen LogP contribution in [0.15, 0.2) is 0 Å². The summed E-state index contributed by atoms with van der Waals surface area (Å²) in [4.78, 5) is 23.0. The Labute approximate surface area is 83.6 Å². The highest BCUT2D eigenvalue weighted by Crippen LogP contribution is 1.98. The molecule has 0 saturated carbocycles. The average molecular weight is 203 g/mol. The highest BCUT2D eigenvalue weighted by atomic mass is 16.5. The van der Waals surface area contributed by atoms with E-state index in [9.17, 15) is 9.59 Å². The van der Waals surface area contributed by atoms with Crippen molar-refractivity contribution in [3.63, 3.8) is 0 Å². The van der Waals surface area contributed by atoms with Crippen molar-refractivity contribution in [2.24, 2.45) is 5.92 Å². The van der Waals surface area contributed by atoms with E-state index in [1.165, 1.54) is 7.11 Å². The molecule has 0 aromatic heterocycles. The van der Waals surface area contributed by atoms with Gasteiger partial charge in [-0.2, -0.15) is 0 Å². The van der Waals surface area contributed by atoms with Crippen LogP contribution in [0, 0.1) is 5.92 Å². The maximum atomic E-state index is 10.9. The number of hydrogen-bond acceptors (Lipinski definition) is 4. The fourth-order valence-corrected chi connectivity index (χ4v) is 1.14. The molecule has 82 valence electrons. The number of carboxylic acids is 1. The fourth-order valence-electron chi connectivity index (χ4n) is 1.14. The van der Waals surface area contributed by atoms with Gasteiger partial charge in [-0.1, -0.05) is 13.8 Å². The first-order chi connectivity index (χ1) is 6.45. The SMILES string of the molecule is COC(=O)CN(CC(=O)O)CC(C)C. The van der Waals surface area contributed by atoms with Crippen LogP contribution in [0.5, 0.6) is 0 Å². The molecule has 14 heavy (non-hydrogen) atoms. The second-order valence-electron chi connectivity index (χ2n) is 3.53. The number of hydrogen-bond donors (Lipinski definition) is 1. The second kappa shape index (κ2) is 6.37. The molecular weight excluding hydrogens is 186 g/mol. The topological polar surface area (TPSA) is 66.8 Å². The van der Waals surface area contributed by atoms with Crippen LogP contribution < -0.4 is 0 Å². The smallest absolute Gasteiger partial charge is 0.319 e. The monoisotopic (exact) mass is 203 g/mol. The maximum absolute atomic E-state index is 10.9. The van der Waals surface area contributed by atoms with Crippen LogP contribution >= 0.6 is 0 Å². The van der Waals surface area contributed by atoms with Crippen LogP contribution in [0.4, 0.5) is 0 Å². The number of carbonyl (C=O) groups is 2. The summed E-state index contributed by atoms with van der Waals surface area (Å²) in [5.74, 6) is -1.03. The predicted molar refractivity (Wildman–Crippen MR) is 50.9 cm³/mol.